The number of ether oxygens (including phenoxy) is 2. The van der Waals surface area contributed by atoms with Crippen LogP contribution in [0.4, 0.5) is 0 Å². The highest BCUT2D eigenvalue weighted by molar-refractivity contribution is 5.69. The summed E-state index contributed by atoms with van der Waals surface area (Å²) in [5, 5.41) is 0. The molecule has 0 aliphatic heterocycles. The second-order valence-corrected chi connectivity index (χ2v) is 3.83. The van der Waals surface area contributed by atoms with E-state index >= 15 is 0 Å². The summed E-state index contributed by atoms with van der Waals surface area (Å²) in [4.78, 5) is 13.4. The number of hydrogen-bond acceptors (Lipinski definition) is 4. The van der Waals surface area contributed by atoms with Crippen molar-refractivity contribution in [3.8, 4) is 0 Å². The van der Waals surface area contributed by atoms with E-state index in [0.29, 0.717) is 19.1 Å². The van der Waals surface area contributed by atoms with Gasteiger partial charge in [-0.05, 0) is 12.8 Å². The predicted octanol–water partition coefficient (Wildman–Crippen LogP) is 1.69. The molecule has 0 fully saturated rings. The Hall–Kier alpha value is -0.610. The molecule has 0 amide bonds. The molecular weight excluding hydrogens is 206 g/mol. The molecule has 0 aliphatic rings. The molecule has 0 atom stereocenters. The fourth-order valence-corrected chi connectivity index (χ4v) is 1.83. The van der Waals surface area contributed by atoms with Crippen LogP contribution in [0.1, 0.15) is 33.1 Å². The standard InChI is InChI=1S/C12H25NO3/c1-5-11(6-2)13(9-10-15-3)8-7-12(14)16-4/h11H,5-10H2,1-4H3. The first-order valence-electron chi connectivity index (χ1n) is 5.99. The first-order chi connectivity index (χ1) is 7.69. The van der Waals surface area contributed by atoms with Crippen LogP contribution in [-0.2, 0) is 14.3 Å². The lowest BCUT2D eigenvalue weighted by molar-refractivity contribution is -0.141. The van der Waals surface area contributed by atoms with Gasteiger partial charge in [-0.3, -0.25) is 9.69 Å². The van der Waals surface area contributed by atoms with Crippen LogP contribution in [0.3, 0.4) is 0 Å². The monoisotopic (exact) mass is 231 g/mol. The summed E-state index contributed by atoms with van der Waals surface area (Å²) in [7, 11) is 3.13. The van der Waals surface area contributed by atoms with Crippen LogP contribution in [0, 0.1) is 0 Å². The molecule has 0 aromatic carbocycles. The molecule has 0 rings (SSSR count). The summed E-state index contributed by atoms with van der Waals surface area (Å²) in [6.45, 7) is 6.68. The van der Waals surface area contributed by atoms with E-state index < -0.39 is 0 Å². The Labute approximate surface area is 98.9 Å². The highest BCUT2D eigenvalue weighted by Gasteiger charge is 2.15. The van der Waals surface area contributed by atoms with Gasteiger partial charge in [-0.25, -0.2) is 0 Å². The zero-order chi connectivity index (χ0) is 12.4. The molecule has 0 radical (unpaired) electrons. The summed E-state index contributed by atoms with van der Waals surface area (Å²) < 4.78 is 9.74. The highest BCUT2D eigenvalue weighted by Crippen LogP contribution is 2.09. The molecule has 0 saturated heterocycles. The van der Waals surface area contributed by atoms with Gasteiger partial charge in [-0.1, -0.05) is 13.8 Å². The Morgan fingerprint density at radius 3 is 2.25 bits per heavy atom. The molecule has 0 saturated carbocycles. The Kier molecular flexibility index (Phi) is 9.24. The third kappa shape index (κ3) is 6.08. The quantitative estimate of drug-likeness (QED) is 0.566. The van der Waals surface area contributed by atoms with Crippen molar-refractivity contribution in [1.82, 2.24) is 4.90 Å². The van der Waals surface area contributed by atoms with Gasteiger partial charge in [0.15, 0.2) is 0 Å². The Morgan fingerprint density at radius 1 is 1.19 bits per heavy atom. The van der Waals surface area contributed by atoms with Crippen LogP contribution < -0.4 is 0 Å². The SMILES string of the molecule is CCC(CC)N(CCOC)CCC(=O)OC. The number of hydrogen-bond donors (Lipinski definition) is 0. The zero-order valence-corrected chi connectivity index (χ0v) is 11.0. The molecule has 0 unspecified atom stereocenters. The predicted molar refractivity (Wildman–Crippen MR) is 64.5 cm³/mol. The van der Waals surface area contributed by atoms with Crippen molar-refractivity contribution in [3.05, 3.63) is 0 Å². The van der Waals surface area contributed by atoms with Crippen LogP contribution in [0.15, 0.2) is 0 Å². The fourth-order valence-electron chi connectivity index (χ4n) is 1.83. The maximum absolute atomic E-state index is 11.1. The molecule has 0 aromatic heterocycles. The van der Waals surface area contributed by atoms with Crippen LogP contribution in [0.2, 0.25) is 0 Å². The van der Waals surface area contributed by atoms with E-state index in [1.807, 2.05) is 0 Å². The van der Waals surface area contributed by atoms with Gasteiger partial charge < -0.3 is 9.47 Å². The maximum Gasteiger partial charge on any atom is 0.306 e. The average molecular weight is 231 g/mol. The van der Waals surface area contributed by atoms with Crippen molar-refractivity contribution in [1.29, 1.82) is 0 Å². The number of rotatable bonds is 9. The van der Waals surface area contributed by atoms with Crippen LogP contribution in [-0.4, -0.2) is 50.8 Å². The minimum atomic E-state index is -0.145. The number of nitrogens with zero attached hydrogens (tertiary/aromatic N) is 1. The summed E-state index contributed by atoms with van der Waals surface area (Å²) in [6.07, 6.45) is 2.65. The summed E-state index contributed by atoms with van der Waals surface area (Å²) >= 11 is 0. The molecule has 0 heterocycles. The lowest BCUT2D eigenvalue weighted by Crippen LogP contribution is -2.38. The molecular formula is C12H25NO3. The van der Waals surface area contributed by atoms with E-state index in [1.54, 1.807) is 7.11 Å². The van der Waals surface area contributed by atoms with Crippen molar-refractivity contribution in [2.45, 2.75) is 39.2 Å². The van der Waals surface area contributed by atoms with Crippen LogP contribution in [0.5, 0.6) is 0 Å². The lowest BCUT2D eigenvalue weighted by atomic mass is 10.1. The molecule has 0 aliphatic carbocycles. The fraction of sp³-hybridized carbons (Fsp3) is 0.917. The first-order valence-corrected chi connectivity index (χ1v) is 5.99. The van der Waals surface area contributed by atoms with Gasteiger partial charge in [0.1, 0.15) is 0 Å². The second kappa shape index (κ2) is 9.60. The number of carbonyl (C=O) groups is 1. The summed E-state index contributed by atoms with van der Waals surface area (Å²) in [5.41, 5.74) is 0. The molecule has 96 valence electrons. The molecule has 4 nitrogen and oxygen atoms in total. The number of methoxy groups -OCH3 is 2. The maximum atomic E-state index is 11.1. The Morgan fingerprint density at radius 2 is 1.81 bits per heavy atom. The van der Waals surface area contributed by atoms with Crippen LogP contribution in [0.25, 0.3) is 0 Å². The van der Waals surface area contributed by atoms with Crippen molar-refractivity contribution < 1.29 is 14.3 Å². The van der Waals surface area contributed by atoms with Gasteiger partial charge >= 0.3 is 5.97 Å². The highest BCUT2D eigenvalue weighted by atomic mass is 16.5. The lowest BCUT2D eigenvalue weighted by Gasteiger charge is -2.29. The topological polar surface area (TPSA) is 38.8 Å². The summed E-state index contributed by atoms with van der Waals surface area (Å²) in [5.74, 6) is -0.145. The molecule has 0 spiro atoms. The Bertz CT molecular complexity index is 181. The third-order valence-corrected chi connectivity index (χ3v) is 2.87. The van der Waals surface area contributed by atoms with E-state index in [0.717, 1.165) is 25.9 Å². The summed E-state index contributed by atoms with van der Waals surface area (Å²) in [6, 6.07) is 0.528. The minimum Gasteiger partial charge on any atom is -0.469 e. The largest absolute Gasteiger partial charge is 0.469 e. The second-order valence-electron chi connectivity index (χ2n) is 3.83. The van der Waals surface area contributed by atoms with Crippen molar-refractivity contribution in [2.24, 2.45) is 0 Å². The number of carbonyl (C=O) groups excluding carboxylic acids is 1. The van der Waals surface area contributed by atoms with Crippen LogP contribution >= 0.6 is 0 Å². The minimum absolute atomic E-state index is 0.145. The van der Waals surface area contributed by atoms with E-state index in [4.69, 9.17) is 4.74 Å². The molecule has 0 bridgehead atoms. The van der Waals surface area contributed by atoms with Gasteiger partial charge in [-0.15, -0.1) is 0 Å². The van der Waals surface area contributed by atoms with E-state index in [9.17, 15) is 4.79 Å². The van der Waals surface area contributed by atoms with Crippen molar-refractivity contribution in [3.63, 3.8) is 0 Å². The number of esters is 1. The molecule has 16 heavy (non-hydrogen) atoms. The normalized spacial score (nSPS) is 11.1. The van der Waals surface area contributed by atoms with Gasteiger partial charge in [0.05, 0.1) is 20.1 Å². The molecule has 4 heteroatoms. The van der Waals surface area contributed by atoms with E-state index in [1.165, 1.54) is 7.11 Å². The zero-order valence-electron chi connectivity index (χ0n) is 11.0. The van der Waals surface area contributed by atoms with Gasteiger partial charge in [0.25, 0.3) is 0 Å². The molecule has 0 N–H and O–H groups in total. The van der Waals surface area contributed by atoms with Crippen molar-refractivity contribution >= 4 is 5.97 Å². The molecule has 0 aromatic rings. The van der Waals surface area contributed by atoms with Gasteiger partial charge in [0, 0.05) is 26.2 Å². The average Bonchev–Trinajstić information content (AvgIpc) is 2.32. The Balaban J connectivity index is 4.12. The van der Waals surface area contributed by atoms with E-state index in [-0.39, 0.29) is 5.97 Å². The first kappa shape index (κ1) is 15.4. The van der Waals surface area contributed by atoms with E-state index in [2.05, 4.69) is 23.5 Å². The van der Waals surface area contributed by atoms with Gasteiger partial charge in [-0.2, -0.15) is 0 Å². The van der Waals surface area contributed by atoms with Gasteiger partial charge in [0.2, 0.25) is 0 Å². The third-order valence-electron chi connectivity index (χ3n) is 2.87. The smallest absolute Gasteiger partial charge is 0.306 e. The van der Waals surface area contributed by atoms with Crippen molar-refractivity contribution in [2.75, 3.05) is 33.9 Å².